The third kappa shape index (κ3) is 3.45. The van der Waals surface area contributed by atoms with Crippen LogP contribution in [0.15, 0.2) is 6.20 Å². The first-order valence-electron chi connectivity index (χ1n) is 4.98. The molecule has 1 amide bonds. The van der Waals surface area contributed by atoms with Crippen LogP contribution in [0.1, 0.15) is 12.6 Å². The fraction of sp³-hybridized carbons (Fsp3) is 0.500. The highest BCUT2D eigenvalue weighted by Crippen LogP contribution is 2.13. The van der Waals surface area contributed by atoms with Gasteiger partial charge in [0.25, 0.3) is 0 Å². The van der Waals surface area contributed by atoms with E-state index in [1.165, 1.54) is 20.2 Å². The molecule has 0 aliphatic carbocycles. The summed E-state index contributed by atoms with van der Waals surface area (Å²) in [4.78, 5) is 22.4. The van der Waals surface area contributed by atoms with Crippen LogP contribution in [0.4, 0.5) is 0 Å². The minimum Gasteiger partial charge on any atom is -0.467 e. The molecule has 0 fully saturated rings. The number of nitrogens with one attached hydrogen (secondary N) is 1. The van der Waals surface area contributed by atoms with E-state index in [-0.39, 0.29) is 12.5 Å². The van der Waals surface area contributed by atoms with Crippen LogP contribution in [-0.2, 0) is 20.9 Å². The molecule has 0 radical (unpaired) electrons. The summed E-state index contributed by atoms with van der Waals surface area (Å²) in [6, 6.07) is -0.771. The van der Waals surface area contributed by atoms with Gasteiger partial charge in [0.2, 0.25) is 5.91 Å². The molecule has 17 heavy (non-hydrogen) atoms. The van der Waals surface area contributed by atoms with Crippen LogP contribution in [0.2, 0.25) is 5.02 Å². The van der Waals surface area contributed by atoms with Crippen LogP contribution in [0.5, 0.6) is 0 Å². The summed E-state index contributed by atoms with van der Waals surface area (Å²) in [6.45, 7) is 3.29. The highest BCUT2D eigenvalue weighted by atomic mass is 35.5. The number of hydrogen-bond donors (Lipinski definition) is 1. The van der Waals surface area contributed by atoms with E-state index in [0.29, 0.717) is 5.02 Å². The number of carbonyl (C=O) groups excluding carboxylic acids is 2. The molecule has 0 aliphatic heterocycles. The highest BCUT2D eigenvalue weighted by molar-refractivity contribution is 6.31. The number of methoxy groups -OCH3 is 1. The molecule has 0 bridgehead atoms. The van der Waals surface area contributed by atoms with Gasteiger partial charge in [-0.25, -0.2) is 4.79 Å². The normalized spacial score (nSPS) is 12.0. The number of esters is 1. The van der Waals surface area contributed by atoms with Crippen LogP contribution in [-0.4, -0.2) is 34.8 Å². The molecule has 1 N–H and O–H groups in total. The summed E-state index contributed by atoms with van der Waals surface area (Å²) in [5, 5.41) is 7.01. The van der Waals surface area contributed by atoms with Crippen LogP contribution >= 0.6 is 11.6 Å². The van der Waals surface area contributed by atoms with Gasteiger partial charge < -0.3 is 10.1 Å². The maximum absolute atomic E-state index is 11.5. The van der Waals surface area contributed by atoms with Crippen molar-refractivity contribution in [2.75, 3.05) is 7.11 Å². The van der Waals surface area contributed by atoms with Gasteiger partial charge in [-0.3, -0.25) is 9.48 Å². The first kappa shape index (κ1) is 13.5. The largest absolute Gasteiger partial charge is 0.467 e. The van der Waals surface area contributed by atoms with Crippen molar-refractivity contribution in [1.29, 1.82) is 0 Å². The zero-order valence-electron chi connectivity index (χ0n) is 9.86. The zero-order chi connectivity index (χ0) is 13.0. The predicted octanol–water partition coefficient (Wildman–Crippen LogP) is 0.523. The van der Waals surface area contributed by atoms with E-state index in [1.54, 1.807) is 11.6 Å². The van der Waals surface area contributed by atoms with Crippen molar-refractivity contribution in [2.45, 2.75) is 26.4 Å². The van der Waals surface area contributed by atoms with E-state index in [0.717, 1.165) is 5.69 Å². The van der Waals surface area contributed by atoms with Crippen molar-refractivity contribution in [3.8, 4) is 0 Å². The molecule has 1 heterocycles. The van der Waals surface area contributed by atoms with E-state index < -0.39 is 12.0 Å². The minimum atomic E-state index is -0.771. The molecular formula is C10H14ClN3O3. The highest BCUT2D eigenvalue weighted by Gasteiger charge is 2.22. The molecule has 0 aromatic carbocycles. The van der Waals surface area contributed by atoms with Crippen molar-refractivity contribution in [3.05, 3.63) is 16.9 Å². The average molecular weight is 260 g/mol. The Balaban J connectivity index is 2.82. The van der Waals surface area contributed by atoms with Crippen LogP contribution in [0, 0.1) is 6.92 Å². The maximum atomic E-state index is 11.5. The van der Waals surface area contributed by atoms with E-state index in [1.807, 2.05) is 0 Å². The van der Waals surface area contributed by atoms with Gasteiger partial charge in [-0.1, -0.05) is 11.6 Å². The van der Waals surface area contributed by atoms with E-state index in [4.69, 9.17) is 11.6 Å². The van der Waals surface area contributed by atoms with Crippen LogP contribution < -0.4 is 5.32 Å². The molecule has 6 nitrogen and oxygen atoms in total. The van der Waals surface area contributed by atoms with E-state index >= 15 is 0 Å². The van der Waals surface area contributed by atoms with Gasteiger partial charge in [-0.2, -0.15) is 5.10 Å². The Bertz CT molecular complexity index is 430. The first-order chi connectivity index (χ1) is 7.95. The second kappa shape index (κ2) is 5.67. The number of carbonyl (C=O) groups is 2. The molecule has 7 heteroatoms. The summed E-state index contributed by atoms with van der Waals surface area (Å²) in [5.74, 6) is -0.831. The number of amides is 1. The van der Waals surface area contributed by atoms with Crippen molar-refractivity contribution in [2.24, 2.45) is 0 Å². The van der Waals surface area contributed by atoms with Gasteiger partial charge >= 0.3 is 5.97 Å². The number of hydrogen-bond acceptors (Lipinski definition) is 4. The van der Waals surface area contributed by atoms with Gasteiger partial charge in [0.05, 0.1) is 30.6 Å². The number of halogens is 1. The third-order valence-corrected chi connectivity index (χ3v) is 2.63. The van der Waals surface area contributed by atoms with Crippen molar-refractivity contribution in [3.63, 3.8) is 0 Å². The molecule has 1 aromatic rings. The van der Waals surface area contributed by atoms with Crippen LogP contribution in [0.3, 0.4) is 0 Å². The van der Waals surface area contributed by atoms with E-state index in [2.05, 4.69) is 15.2 Å². The molecule has 0 saturated carbocycles. The summed E-state index contributed by atoms with van der Waals surface area (Å²) in [7, 11) is 1.26. The molecule has 0 aliphatic rings. The lowest BCUT2D eigenvalue weighted by Gasteiger charge is -2.16. The average Bonchev–Trinajstić information content (AvgIpc) is 2.58. The third-order valence-electron chi connectivity index (χ3n) is 2.26. The Morgan fingerprint density at radius 3 is 2.71 bits per heavy atom. The Hall–Kier alpha value is -1.56. The Morgan fingerprint density at radius 2 is 2.29 bits per heavy atom. The summed E-state index contributed by atoms with van der Waals surface area (Å²) >= 11 is 5.85. The lowest BCUT2D eigenvalue weighted by atomic mass is 10.3. The zero-order valence-corrected chi connectivity index (χ0v) is 10.6. The van der Waals surface area contributed by atoms with Crippen LogP contribution in [0.25, 0.3) is 0 Å². The maximum Gasteiger partial charge on any atom is 0.330 e. The molecule has 1 aromatic heterocycles. The van der Waals surface area contributed by atoms with Gasteiger partial charge in [-0.05, 0) is 6.92 Å². The standard InChI is InChI=1S/C10H14ClN3O3/c1-6-8(11)4-12-14(6)5-9(10(16)17-3)13-7(2)15/h4,9H,5H2,1-3H3,(H,13,15). The lowest BCUT2D eigenvalue weighted by molar-refractivity contribution is -0.145. The molecule has 94 valence electrons. The molecule has 1 rings (SSSR count). The topological polar surface area (TPSA) is 73.2 Å². The molecule has 1 unspecified atom stereocenters. The summed E-state index contributed by atoms with van der Waals surface area (Å²) in [5.41, 5.74) is 0.728. The molecule has 0 spiro atoms. The predicted molar refractivity (Wildman–Crippen MR) is 61.6 cm³/mol. The Morgan fingerprint density at radius 1 is 1.65 bits per heavy atom. The fourth-order valence-electron chi connectivity index (χ4n) is 1.35. The molecule has 0 saturated heterocycles. The fourth-order valence-corrected chi connectivity index (χ4v) is 1.49. The lowest BCUT2D eigenvalue weighted by Crippen LogP contribution is -2.43. The number of ether oxygens (including phenoxy) is 1. The number of aromatic nitrogens is 2. The Kier molecular flexibility index (Phi) is 4.51. The monoisotopic (exact) mass is 259 g/mol. The first-order valence-corrected chi connectivity index (χ1v) is 5.36. The molecular weight excluding hydrogens is 246 g/mol. The van der Waals surface area contributed by atoms with Gasteiger partial charge in [0.15, 0.2) is 0 Å². The molecule has 1 atom stereocenters. The second-order valence-electron chi connectivity index (χ2n) is 3.54. The summed E-state index contributed by atoms with van der Waals surface area (Å²) < 4.78 is 6.15. The second-order valence-corrected chi connectivity index (χ2v) is 3.94. The smallest absolute Gasteiger partial charge is 0.330 e. The Labute approximate surface area is 104 Å². The minimum absolute atomic E-state index is 0.185. The summed E-state index contributed by atoms with van der Waals surface area (Å²) in [6.07, 6.45) is 1.49. The van der Waals surface area contributed by atoms with Gasteiger partial charge in [0, 0.05) is 6.92 Å². The van der Waals surface area contributed by atoms with Crippen molar-refractivity contribution in [1.82, 2.24) is 15.1 Å². The van der Waals surface area contributed by atoms with E-state index in [9.17, 15) is 9.59 Å². The van der Waals surface area contributed by atoms with Gasteiger partial charge in [-0.15, -0.1) is 0 Å². The van der Waals surface area contributed by atoms with Crippen molar-refractivity contribution >= 4 is 23.5 Å². The SMILES string of the molecule is COC(=O)C(Cn1ncc(Cl)c1C)NC(C)=O. The van der Waals surface area contributed by atoms with Crippen molar-refractivity contribution < 1.29 is 14.3 Å². The number of nitrogens with zero attached hydrogens (tertiary/aromatic N) is 2. The van der Waals surface area contributed by atoms with Gasteiger partial charge in [0.1, 0.15) is 6.04 Å². The number of rotatable bonds is 4. The quantitative estimate of drug-likeness (QED) is 0.801.